The van der Waals surface area contributed by atoms with Gasteiger partial charge in [0.05, 0.1) is 23.9 Å². The summed E-state index contributed by atoms with van der Waals surface area (Å²) >= 11 is 0. The lowest BCUT2D eigenvalue weighted by molar-refractivity contribution is -0.300. The molecule has 0 aromatic carbocycles. The zero-order valence-corrected chi connectivity index (χ0v) is 27.9. The molecule has 0 aromatic rings. The minimum absolute atomic E-state index is 0.0657. The van der Waals surface area contributed by atoms with Gasteiger partial charge in [-0.15, -0.1) is 0 Å². The van der Waals surface area contributed by atoms with Gasteiger partial charge in [0.1, 0.15) is 23.7 Å². The van der Waals surface area contributed by atoms with Gasteiger partial charge in [0.25, 0.3) is 0 Å². The third-order valence-electron chi connectivity index (χ3n) is 9.52. The molecule has 250 valence electrons. The summed E-state index contributed by atoms with van der Waals surface area (Å²) in [5.74, 6) is -6.24. The molecule has 0 bridgehead atoms. The van der Waals surface area contributed by atoms with Crippen molar-refractivity contribution in [2.75, 3.05) is 28.3 Å². The van der Waals surface area contributed by atoms with E-state index in [0.29, 0.717) is 6.42 Å². The summed E-state index contributed by atoms with van der Waals surface area (Å²) in [5.41, 5.74) is -6.32. The smallest absolute Gasteiger partial charge is 0.316 e. The number of nitrogens with zero attached hydrogens (tertiary/aromatic N) is 1. The Kier molecular flexibility index (Phi) is 12.5. The molecule has 2 rings (SSSR count). The Morgan fingerprint density at radius 1 is 1.05 bits per heavy atom. The molecule has 2 unspecified atom stereocenters. The van der Waals surface area contributed by atoms with Gasteiger partial charge in [-0.1, -0.05) is 20.8 Å². The quantitative estimate of drug-likeness (QED) is 0.335. The number of carbonyl (C=O) groups excluding carboxylic acids is 3. The Hall–Kier alpha value is -1.54. The monoisotopic (exact) mass is 619 g/mol. The van der Waals surface area contributed by atoms with E-state index in [9.17, 15) is 24.6 Å². The van der Waals surface area contributed by atoms with E-state index in [1.807, 2.05) is 25.9 Å². The van der Waals surface area contributed by atoms with Gasteiger partial charge in [0.2, 0.25) is 0 Å². The Morgan fingerprint density at radius 2 is 1.63 bits per heavy atom. The molecule has 2 aliphatic rings. The van der Waals surface area contributed by atoms with Crippen molar-refractivity contribution in [1.82, 2.24) is 4.90 Å². The van der Waals surface area contributed by atoms with E-state index < -0.39 is 89.3 Å². The van der Waals surface area contributed by atoms with Gasteiger partial charge >= 0.3 is 5.97 Å². The number of hydrogen-bond donors (Lipinski definition) is 2. The van der Waals surface area contributed by atoms with E-state index in [4.69, 9.17) is 23.7 Å². The number of carbonyl (C=O) groups is 3. The minimum atomic E-state index is -2.59. The highest BCUT2D eigenvalue weighted by molar-refractivity contribution is 6.00. The van der Waals surface area contributed by atoms with Gasteiger partial charge < -0.3 is 38.8 Å². The Balaban J connectivity index is 2.70. The first-order chi connectivity index (χ1) is 19.7. The number of esters is 1. The van der Waals surface area contributed by atoms with E-state index in [1.165, 1.54) is 41.9 Å². The van der Waals surface area contributed by atoms with Crippen LogP contribution in [-0.4, -0.2) is 121 Å². The first-order valence-electron chi connectivity index (χ1n) is 15.1. The van der Waals surface area contributed by atoms with Crippen LogP contribution in [0.2, 0.25) is 0 Å². The highest BCUT2D eigenvalue weighted by Crippen LogP contribution is 2.40. The van der Waals surface area contributed by atoms with Crippen LogP contribution in [0.1, 0.15) is 74.7 Å². The van der Waals surface area contributed by atoms with Crippen LogP contribution < -0.4 is 0 Å². The van der Waals surface area contributed by atoms with Crippen molar-refractivity contribution in [3.8, 4) is 0 Å². The number of methoxy groups -OCH3 is 2. The van der Waals surface area contributed by atoms with Gasteiger partial charge in [-0.3, -0.25) is 14.4 Å². The molecular weight excluding hydrogens is 565 g/mol. The fourth-order valence-electron chi connectivity index (χ4n) is 6.70. The van der Waals surface area contributed by atoms with E-state index >= 15 is 4.39 Å². The third-order valence-corrected chi connectivity index (χ3v) is 9.52. The number of halogens is 1. The summed E-state index contributed by atoms with van der Waals surface area (Å²) in [7, 11) is 6.66. The molecule has 43 heavy (non-hydrogen) atoms. The van der Waals surface area contributed by atoms with Crippen molar-refractivity contribution >= 4 is 17.5 Å². The van der Waals surface area contributed by atoms with E-state index in [2.05, 4.69) is 0 Å². The van der Waals surface area contributed by atoms with Crippen LogP contribution in [0.25, 0.3) is 0 Å². The number of Topliss-reactive ketones (excluding diaryl/α,β-unsaturated/α-hetero) is 2. The summed E-state index contributed by atoms with van der Waals surface area (Å²) < 4.78 is 46.4. The average molecular weight is 620 g/mol. The van der Waals surface area contributed by atoms with E-state index in [0.717, 1.165) is 6.92 Å². The average Bonchev–Trinajstić information content (AvgIpc) is 2.94. The second kappa shape index (κ2) is 14.3. The molecule has 0 spiro atoms. The zero-order chi connectivity index (χ0) is 33.2. The maximum absolute atomic E-state index is 16.5. The van der Waals surface area contributed by atoms with Crippen LogP contribution in [-0.2, 0) is 38.1 Å². The van der Waals surface area contributed by atoms with E-state index in [1.54, 1.807) is 13.8 Å². The molecule has 11 nitrogen and oxygen atoms in total. The van der Waals surface area contributed by atoms with Crippen LogP contribution >= 0.6 is 0 Å². The van der Waals surface area contributed by atoms with Crippen LogP contribution in [0.3, 0.4) is 0 Å². The molecule has 13 atom stereocenters. The Morgan fingerprint density at radius 3 is 2.12 bits per heavy atom. The van der Waals surface area contributed by atoms with Gasteiger partial charge in [-0.2, -0.15) is 0 Å². The maximum atomic E-state index is 16.5. The third kappa shape index (κ3) is 7.82. The second-order valence-corrected chi connectivity index (χ2v) is 13.3. The molecule has 2 heterocycles. The number of likely N-dealkylation sites (N-methyl/N-ethyl adjacent to an activating group) is 1. The second-order valence-electron chi connectivity index (χ2n) is 13.3. The van der Waals surface area contributed by atoms with Crippen molar-refractivity contribution in [3.63, 3.8) is 0 Å². The number of rotatable bonds is 6. The fourth-order valence-corrected chi connectivity index (χ4v) is 6.70. The lowest BCUT2D eigenvalue weighted by atomic mass is 9.73. The molecule has 2 fully saturated rings. The van der Waals surface area contributed by atoms with Crippen molar-refractivity contribution in [3.05, 3.63) is 0 Å². The van der Waals surface area contributed by atoms with Crippen LogP contribution in [0.5, 0.6) is 0 Å². The van der Waals surface area contributed by atoms with Crippen LogP contribution in [0, 0.1) is 17.8 Å². The van der Waals surface area contributed by atoms with Gasteiger partial charge in [-0.05, 0) is 61.6 Å². The van der Waals surface area contributed by atoms with Crippen molar-refractivity contribution in [2.45, 2.75) is 134 Å². The molecule has 0 saturated carbocycles. The lowest BCUT2D eigenvalue weighted by Crippen LogP contribution is -2.61. The minimum Gasteiger partial charge on any atom is -0.459 e. The number of alkyl halides is 1. The SMILES string of the molecule is CC[C@H]1OC(=O)C(C)C(=O)[C@H](C)[C@@H](O[C@@H]2O[C@H](C)C[C@H](N(C)C)[C@H]2OC)[C@](C)(OC)CC(C)(F)C(=O)[C@H](C)[C@@H](O)[C@]1(C)O. The zero-order valence-electron chi connectivity index (χ0n) is 27.9. The molecule has 0 amide bonds. The molecule has 0 aliphatic carbocycles. The predicted molar refractivity (Wildman–Crippen MR) is 156 cm³/mol. The molecule has 2 N–H and O–H groups in total. The van der Waals surface area contributed by atoms with Crippen molar-refractivity contribution in [1.29, 1.82) is 0 Å². The Bertz CT molecular complexity index is 990. The summed E-state index contributed by atoms with van der Waals surface area (Å²) in [4.78, 5) is 42.7. The highest BCUT2D eigenvalue weighted by atomic mass is 19.1. The number of ketones is 2. The first kappa shape index (κ1) is 37.6. The first-order valence-corrected chi connectivity index (χ1v) is 15.1. The predicted octanol–water partition coefficient (Wildman–Crippen LogP) is 2.47. The summed E-state index contributed by atoms with van der Waals surface area (Å²) in [6.45, 7) is 11.6. The molecule has 0 radical (unpaired) electrons. The van der Waals surface area contributed by atoms with Crippen LogP contribution in [0.15, 0.2) is 0 Å². The summed E-state index contributed by atoms with van der Waals surface area (Å²) in [6, 6.07) is -0.111. The molecular formula is C31H54FNO10. The number of aliphatic hydroxyl groups excluding tert-OH is 1. The normalized spacial score (nSPS) is 46.0. The summed E-state index contributed by atoms with van der Waals surface area (Å²) in [5, 5.41) is 22.3. The van der Waals surface area contributed by atoms with Crippen LogP contribution in [0.4, 0.5) is 4.39 Å². The Labute approximate surface area is 255 Å². The van der Waals surface area contributed by atoms with Crippen molar-refractivity contribution < 1.29 is 52.7 Å². The molecule has 2 saturated heterocycles. The topological polar surface area (TPSA) is 141 Å². The number of aliphatic hydroxyl groups is 2. The number of hydrogen-bond acceptors (Lipinski definition) is 11. The largest absolute Gasteiger partial charge is 0.459 e. The number of cyclic esters (lactones) is 1. The molecule has 12 heteroatoms. The van der Waals surface area contributed by atoms with Gasteiger partial charge in [0, 0.05) is 38.5 Å². The van der Waals surface area contributed by atoms with Gasteiger partial charge in [-0.25, -0.2) is 4.39 Å². The van der Waals surface area contributed by atoms with Gasteiger partial charge in [0.15, 0.2) is 23.5 Å². The number of ether oxygens (including phenoxy) is 5. The standard InChI is InChI=1S/C31H54FNO10/c1-13-21-31(8,38)25(36)19(5)24(35)29(6,32)15-30(7,40-12)26(17(3)22(34)18(4)27(37)42-21)43-28-23(39-11)20(33(9)10)14-16(2)41-28/h16-21,23,25-26,28,36,38H,13-15H2,1-12H3/t16-,17+,18?,19+,20+,21-,23-,25-,26-,28+,29?,30-,31-/m1/s1. The summed E-state index contributed by atoms with van der Waals surface area (Å²) in [6.07, 6.45) is -5.97. The lowest BCUT2D eigenvalue weighted by Gasteiger charge is -2.48. The maximum Gasteiger partial charge on any atom is 0.316 e. The van der Waals surface area contributed by atoms with Crippen molar-refractivity contribution in [2.24, 2.45) is 17.8 Å². The molecule has 2 aliphatic heterocycles. The molecule has 0 aromatic heterocycles. The highest BCUT2D eigenvalue weighted by Gasteiger charge is 2.55. The van der Waals surface area contributed by atoms with E-state index in [-0.39, 0.29) is 18.6 Å². The fraction of sp³-hybridized carbons (Fsp3) is 0.903.